The molecular weight excluding hydrogens is 180 g/mol. The molecule has 14 heavy (non-hydrogen) atoms. The number of ketones is 1. The zero-order chi connectivity index (χ0) is 11.3. The van der Waals surface area contributed by atoms with Gasteiger partial charge in [-0.05, 0) is 14.1 Å². The number of hydrogen-bond acceptors (Lipinski definition) is 3. The topological polar surface area (TPSA) is 40.6 Å². The van der Waals surface area contributed by atoms with E-state index in [-0.39, 0.29) is 24.2 Å². The second-order valence-corrected chi connectivity index (χ2v) is 4.11. The lowest BCUT2D eigenvalue weighted by atomic mass is 10.1. The predicted octanol–water partition coefficient (Wildman–Crippen LogP) is 0.231. The Labute approximate surface area is 85.9 Å². The molecule has 0 bridgehead atoms. The highest BCUT2D eigenvalue weighted by atomic mass is 16.2. The number of carbonyl (C=O) groups is 2. The van der Waals surface area contributed by atoms with Gasteiger partial charge in [0.25, 0.3) is 0 Å². The molecule has 0 saturated heterocycles. The van der Waals surface area contributed by atoms with Crippen LogP contribution in [0.4, 0.5) is 0 Å². The van der Waals surface area contributed by atoms with Gasteiger partial charge in [0.1, 0.15) is 0 Å². The van der Waals surface area contributed by atoms with E-state index < -0.39 is 0 Å². The zero-order valence-corrected chi connectivity index (χ0v) is 9.70. The number of rotatable bonds is 5. The van der Waals surface area contributed by atoms with E-state index in [1.807, 2.05) is 27.9 Å². The highest BCUT2D eigenvalue weighted by molar-refractivity contribution is 5.87. The van der Waals surface area contributed by atoms with Gasteiger partial charge in [0, 0.05) is 13.0 Å². The van der Waals surface area contributed by atoms with Crippen LogP contribution in [0.25, 0.3) is 0 Å². The molecule has 0 aliphatic carbocycles. The molecule has 0 aliphatic rings. The molecule has 4 nitrogen and oxygen atoms in total. The van der Waals surface area contributed by atoms with E-state index in [0.717, 1.165) is 0 Å². The predicted molar refractivity (Wildman–Crippen MR) is 56.0 cm³/mol. The van der Waals surface area contributed by atoms with Crippen LogP contribution >= 0.6 is 0 Å². The van der Waals surface area contributed by atoms with Gasteiger partial charge in [-0.25, -0.2) is 0 Å². The molecule has 0 atom stereocenters. The summed E-state index contributed by atoms with van der Waals surface area (Å²) in [5.41, 5.74) is 0. The third-order valence-electron chi connectivity index (χ3n) is 1.91. The van der Waals surface area contributed by atoms with Gasteiger partial charge in [-0.2, -0.15) is 0 Å². The number of likely N-dealkylation sites (N-methyl/N-ethyl adjacent to an activating group) is 2. The number of nitrogens with zero attached hydrogens (tertiary/aromatic N) is 2. The van der Waals surface area contributed by atoms with E-state index in [1.165, 1.54) is 4.90 Å². The monoisotopic (exact) mass is 200 g/mol. The fourth-order valence-corrected chi connectivity index (χ4v) is 0.896. The van der Waals surface area contributed by atoms with Crippen molar-refractivity contribution in [1.82, 2.24) is 9.80 Å². The molecular formula is C10H20N2O2. The highest BCUT2D eigenvalue weighted by Crippen LogP contribution is 1.97. The lowest BCUT2D eigenvalue weighted by Crippen LogP contribution is -2.39. The van der Waals surface area contributed by atoms with Crippen molar-refractivity contribution in [3.05, 3.63) is 0 Å². The van der Waals surface area contributed by atoms with Gasteiger partial charge in [0.2, 0.25) is 5.91 Å². The summed E-state index contributed by atoms with van der Waals surface area (Å²) < 4.78 is 0. The maximum Gasteiger partial charge on any atom is 0.236 e. The lowest BCUT2D eigenvalue weighted by Gasteiger charge is -2.19. The number of amides is 1. The average Bonchev–Trinajstić information content (AvgIpc) is 2.02. The van der Waals surface area contributed by atoms with Gasteiger partial charge in [-0.1, -0.05) is 13.8 Å². The molecule has 0 saturated carbocycles. The Morgan fingerprint density at radius 3 is 1.93 bits per heavy atom. The standard InChI is InChI=1S/C10H20N2O2/c1-8(2)9(13)6-12(5)10(14)7-11(3)4/h8H,6-7H2,1-5H3. The first kappa shape index (κ1) is 13.1. The Bertz CT molecular complexity index is 212. The van der Waals surface area contributed by atoms with Gasteiger partial charge in [0.15, 0.2) is 5.78 Å². The van der Waals surface area contributed by atoms with Crippen LogP contribution in [0.5, 0.6) is 0 Å². The molecule has 0 heterocycles. The first-order chi connectivity index (χ1) is 6.34. The van der Waals surface area contributed by atoms with Gasteiger partial charge in [0.05, 0.1) is 13.1 Å². The maximum absolute atomic E-state index is 11.4. The first-order valence-corrected chi connectivity index (χ1v) is 4.76. The molecule has 0 fully saturated rings. The van der Waals surface area contributed by atoms with Crippen LogP contribution in [0.1, 0.15) is 13.8 Å². The molecule has 0 N–H and O–H groups in total. The van der Waals surface area contributed by atoms with Gasteiger partial charge in [-0.15, -0.1) is 0 Å². The first-order valence-electron chi connectivity index (χ1n) is 4.76. The van der Waals surface area contributed by atoms with Crippen molar-refractivity contribution in [3.8, 4) is 0 Å². The summed E-state index contributed by atoms with van der Waals surface area (Å²) in [6.07, 6.45) is 0. The molecule has 1 amide bonds. The smallest absolute Gasteiger partial charge is 0.236 e. The van der Waals surface area contributed by atoms with Crippen molar-refractivity contribution in [2.24, 2.45) is 5.92 Å². The minimum atomic E-state index is -0.0241. The minimum Gasteiger partial charge on any atom is -0.337 e. The lowest BCUT2D eigenvalue weighted by molar-refractivity contribution is -0.135. The summed E-state index contributed by atoms with van der Waals surface area (Å²) >= 11 is 0. The van der Waals surface area contributed by atoms with Crippen molar-refractivity contribution < 1.29 is 9.59 Å². The zero-order valence-electron chi connectivity index (χ0n) is 9.70. The Hall–Kier alpha value is -0.900. The van der Waals surface area contributed by atoms with Crippen LogP contribution in [-0.2, 0) is 9.59 Å². The van der Waals surface area contributed by atoms with E-state index >= 15 is 0 Å². The van der Waals surface area contributed by atoms with Crippen molar-refractivity contribution in [2.45, 2.75) is 13.8 Å². The van der Waals surface area contributed by atoms with E-state index in [0.29, 0.717) is 6.54 Å². The maximum atomic E-state index is 11.4. The van der Waals surface area contributed by atoms with Crippen LogP contribution in [0.2, 0.25) is 0 Å². The number of hydrogen-bond donors (Lipinski definition) is 0. The van der Waals surface area contributed by atoms with Gasteiger partial charge >= 0.3 is 0 Å². The fraction of sp³-hybridized carbons (Fsp3) is 0.800. The Kier molecular flexibility index (Phi) is 5.38. The summed E-state index contributed by atoms with van der Waals surface area (Å²) in [7, 11) is 5.32. The molecule has 0 unspecified atom stereocenters. The van der Waals surface area contributed by atoms with Gasteiger partial charge in [-0.3, -0.25) is 9.59 Å². The molecule has 82 valence electrons. The molecule has 0 aromatic rings. The summed E-state index contributed by atoms with van der Waals surface area (Å²) in [5.74, 6) is 0.0632. The molecule has 0 aliphatic heterocycles. The summed E-state index contributed by atoms with van der Waals surface area (Å²) in [6.45, 7) is 4.24. The van der Waals surface area contributed by atoms with Crippen LogP contribution in [0, 0.1) is 5.92 Å². The van der Waals surface area contributed by atoms with Crippen LogP contribution in [-0.4, -0.2) is 55.7 Å². The van der Waals surface area contributed by atoms with Crippen LogP contribution in [0.15, 0.2) is 0 Å². The second-order valence-electron chi connectivity index (χ2n) is 4.11. The molecule has 4 heteroatoms. The Morgan fingerprint density at radius 1 is 1.07 bits per heavy atom. The fourth-order valence-electron chi connectivity index (χ4n) is 0.896. The van der Waals surface area contributed by atoms with Crippen molar-refractivity contribution >= 4 is 11.7 Å². The molecule has 0 aromatic heterocycles. The van der Waals surface area contributed by atoms with Gasteiger partial charge < -0.3 is 9.80 Å². The number of carbonyl (C=O) groups excluding carboxylic acids is 2. The van der Waals surface area contributed by atoms with Crippen LogP contribution in [0.3, 0.4) is 0 Å². The van der Waals surface area contributed by atoms with Crippen LogP contribution < -0.4 is 0 Å². The van der Waals surface area contributed by atoms with Crippen molar-refractivity contribution in [2.75, 3.05) is 34.2 Å². The van der Waals surface area contributed by atoms with Crippen molar-refractivity contribution in [3.63, 3.8) is 0 Å². The van der Waals surface area contributed by atoms with Crippen molar-refractivity contribution in [1.29, 1.82) is 0 Å². The van der Waals surface area contributed by atoms with E-state index in [9.17, 15) is 9.59 Å². The molecule has 0 aromatic carbocycles. The third-order valence-corrected chi connectivity index (χ3v) is 1.91. The third kappa shape index (κ3) is 4.97. The van der Waals surface area contributed by atoms with E-state index in [2.05, 4.69) is 0 Å². The normalized spacial score (nSPS) is 10.8. The molecule has 0 radical (unpaired) electrons. The SMILES string of the molecule is CC(C)C(=O)CN(C)C(=O)CN(C)C. The second kappa shape index (κ2) is 5.75. The molecule has 0 spiro atoms. The largest absolute Gasteiger partial charge is 0.337 e. The van der Waals surface area contributed by atoms with E-state index in [4.69, 9.17) is 0 Å². The van der Waals surface area contributed by atoms with E-state index in [1.54, 1.807) is 11.9 Å². The summed E-state index contributed by atoms with van der Waals surface area (Å²) in [6, 6.07) is 0. The Morgan fingerprint density at radius 2 is 1.57 bits per heavy atom. The Balaban J connectivity index is 4.01. The quantitative estimate of drug-likeness (QED) is 0.638. The highest BCUT2D eigenvalue weighted by Gasteiger charge is 2.15. The minimum absolute atomic E-state index is 0.00962. The summed E-state index contributed by atoms with van der Waals surface area (Å²) in [5, 5.41) is 0. The molecule has 0 rings (SSSR count). The number of Topliss-reactive ketones (excluding diaryl/α,β-unsaturated/α-hetero) is 1. The average molecular weight is 200 g/mol. The summed E-state index contributed by atoms with van der Waals surface area (Å²) in [4.78, 5) is 26.0.